The van der Waals surface area contributed by atoms with Crippen molar-refractivity contribution in [2.75, 3.05) is 10.7 Å². The van der Waals surface area contributed by atoms with Gasteiger partial charge in [-0.2, -0.15) is 0 Å². The highest BCUT2D eigenvalue weighted by atomic mass is 79.9. The van der Waals surface area contributed by atoms with Gasteiger partial charge in [-0.15, -0.1) is 0 Å². The number of hydrogen-bond acceptors (Lipinski definition) is 1. The first kappa shape index (κ1) is 20.6. The Balaban J connectivity index is 0.000000231. The summed E-state index contributed by atoms with van der Waals surface area (Å²) in [6.45, 7) is 0. The smallest absolute Gasteiger partial charge is 0.282 e. The maximum Gasteiger partial charge on any atom is 0.282 e. The lowest BCUT2D eigenvalue weighted by Gasteiger charge is -2.12. The largest absolute Gasteiger partial charge is 0.293 e. The molecular weight excluding hydrogens is 477 g/mol. The molecule has 2 aromatic rings. The Morgan fingerprint density at radius 3 is 1.74 bits per heavy atom. The second-order valence-electron chi connectivity index (χ2n) is 4.41. The molecular formula is C16H12Br2Cl2F2O. The van der Waals surface area contributed by atoms with Gasteiger partial charge >= 0.3 is 0 Å². The second-order valence-corrected chi connectivity index (χ2v) is 6.40. The molecule has 0 saturated carbocycles. The first-order valence-corrected chi connectivity index (χ1v) is 9.34. The fourth-order valence-corrected chi connectivity index (χ4v) is 2.38. The molecule has 0 aliphatic heterocycles. The van der Waals surface area contributed by atoms with Gasteiger partial charge in [0.1, 0.15) is 0 Å². The summed E-state index contributed by atoms with van der Waals surface area (Å²) in [5, 5.41) is 1.09. The van der Waals surface area contributed by atoms with Crippen molar-refractivity contribution >= 4 is 60.8 Å². The Kier molecular flexibility index (Phi) is 8.69. The van der Waals surface area contributed by atoms with Gasteiger partial charge in [0.25, 0.3) is 5.92 Å². The summed E-state index contributed by atoms with van der Waals surface area (Å²) in [6.07, 6.45) is 0. The van der Waals surface area contributed by atoms with Gasteiger partial charge in [0.2, 0.25) is 0 Å². The summed E-state index contributed by atoms with van der Waals surface area (Å²) < 4.78 is 25.9. The minimum Gasteiger partial charge on any atom is -0.293 e. The fraction of sp³-hybridized carbons (Fsp3) is 0.188. The molecule has 0 atom stereocenters. The molecule has 0 fully saturated rings. The van der Waals surface area contributed by atoms with Crippen LogP contribution < -0.4 is 0 Å². The Bertz CT molecular complexity index is 632. The van der Waals surface area contributed by atoms with Crippen LogP contribution in [0.25, 0.3) is 0 Å². The third-order valence-electron chi connectivity index (χ3n) is 2.72. The van der Waals surface area contributed by atoms with Crippen LogP contribution in [0.2, 0.25) is 10.0 Å². The van der Waals surface area contributed by atoms with Gasteiger partial charge in [-0.3, -0.25) is 4.79 Å². The minimum absolute atomic E-state index is 0.0243. The maximum atomic E-state index is 12.9. The van der Waals surface area contributed by atoms with Crippen LogP contribution >= 0.6 is 55.1 Å². The number of Topliss-reactive ketones (excluding diaryl/α,β-unsaturated/α-hetero) is 1. The van der Waals surface area contributed by atoms with Crippen LogP contribution in [-0.2, 0) is 5.92 Å². The summed E-state index contributed by atoms with van der Waals surface area (Å²) in [5.74, 6) is -2.74. The molecule has 23 heavy (non-hydrogen) atoms. The summed E-state index contributed by atoms with van der Waals surface area (Å²) in [4.78, 5) is 11.0. The molecule has 0 aliphatic carbocycles. The van der Waals surface area contributed by atoms with Crippen molar-refractivity contribution in [3.8, 4) is 0 Å². The zero-order chi connectivity index (χ0) is 17.5. The highest BCUT2D eigenvalue weighted by Gasteiger charge is 2.29. The normalized spacial score (nSPS) is 10.7. The first-order chi connectivity index (χ1) is 10.8. The van der Waals surface area contributed by atoms with Crippen LogP contribution in [0.1, 0.15) is 15.9 Å². The van der Waals surface area contributed by atoms with E-state index in [1.807, 2.05) is 0 Å². The Hall–Kier alpha value is -0.490. The van der Waals surface area contributed by atoms with E-state index in [-0.39, 0.29) is 16.7 Å². The van der Waals surface area contributed by atoms with Gasteiger partial charge in [0, 0.05) is 21.2 Å². The van der Waals surface area contributed by atoms with Crippen LogP contribution in [0.4, 0.5) is 8.78 Å². The Morgan fingerprint density at radius 1 is 0.913 bits per heavy atom. The number of alkyl halides is 4. The van der Waals surface area contributed by atoms with E-state index in [4.69, 9.17) is 23.2 Å². The third-order valence-corrected chi connectivity index (χ3v) is 4.44. The molecule has 2 aromatic carbocycles. The van der Waals surface area contributed by atoms with E-state index in [0.29, 0.717) is 20.9 Å². The van der Waals surface area contributed by atoms with E-state index in [9.17, 15) is 13.6 Å². The summed E-state index contributed by atoms with van der Waals surface area (Å²) >= 11 is 17.0. The molecule has 0 saturated heterocycles. The van der Waals surface area contributed by atoms with E-state index in [1.165, 1.54) is 24.3 Å². The lowest BCUT2D eigenvalue weighted by atomic mass is 10.1. The fourth-order valence-electron chi connectivity index (χ4n) is 1.48. The predicted octanol–water partition coefficient (Wildman–Crippen LogP) is 6.74. The SMILES string of the molecule is FC(F)(CBr)c1ccc(Cl)cc1.O=C(CBr)c1ccc(Cl)cc1. The van der Waals surface area contributed by atoms with Crippen molar-refractivity contribution in [3.63, 3.8) is 0 Å². The average Bonchev–Trinajstić information content (AvgIpc) is 2.56. The molecule has 0 radical (unpaired) electrons. The highest BCUT2D eigenvalue weighted by molar-refractivity contribution is 9.09. The molecule has 0 aromatic heterocycles. The van der Waals surface area contributed by atoms with Crippen LogP contribution in [0, 0.1) is 0 Å². The second kappa shape index (κ2) is 9.72. The van der Waals surface area contributed by atoms with Gasteiger partial charge in [0.05, 0.1) is 10.7 Å². The molecule has 1 nitrogen and oxygen atoms in total. The quantitative estimate of drug-likeness (QED) is 0.344. The van der Waals surface area contributed by atoms with Crippen molar-refractivity contribution in [2.45, 2.75) is 5.92 Å². The summed E-state index contributed by atoms with van der Waals surface area (Å²) in [6, 6.07) is 12.4. The predicted molar refractivity (Wildman–Crippen MR) is 98.7 cm³/mol. The van der Waals surface area contributed by atoms with Crippen LogP contribution in [-0.4, -0.2) is 16.4 Å². The van der Waals surface area contributed by atoms with Gasteiger partial charge in [-0.05, 0) is 36.4 Å². The van der Waals surface area contributed by atoms with Crippen LogP contribution in [0.5, 0.6) is 0 Å². The molecule has 0 aliphatic rings. The summed E-state index contributed by atoms with van der Waals surface area (Å²) in [7, 11) is 0. The van der Waals surface area contributed by atoms with Crippen molar-refractivity contribution in [1.29, 1.82) is 0 Å². The van der Waals surface area contributed by atoms with E-state index in [0.717, 1.165) is 0 Å². The van der Waals surface area contributed by atoms with Crippen molar-refractivity contribution in [1.82, 2.24) is 0 Å². The third kappa shape index (κ3) is 6.87. The van der Waals surface area contributed by atoms with Gasteiger partial charge in [0.15, 0.2) is 5.78 Å². The molecule has 0 spiro atoms. The standard InChI is InChI=1S/C8H6BrClF2.C8H6BrClO/c9-5-8(11,12)6-1-3-7(10)4-2-6;9-5-8(11)6-1-3-7(10)4-2-6/h1-4H,5H2;1-4H,5H2. The number of ketones is 1. The number of benzene rings is 2. The summed E-state index contributed by atoms with van der Waals surface area (Å²) in [5.41, 5.74) is 0.662. The number of halogens is 6. The molecule has 0 bridgehead atoms. The van der Waals surface area contributed by atoms with E-state index >= 15 is 0 Å². The molecule has 0 N–H and O–H groups in total. The van der Waals surface area contributed by atoms with Crippen LogP contribution in [0.15, 0.2) is 48.5 Å². The van der Waals surface area contributed by atoms with Crippen molar-refractivity contribution in [2.24, 2.45) is 0 Å². The Morgan fingerprint density at radius 2 is 1.35 bits per heavy atom. The number of carbonyl (C=O) groups excluding carboxylic acids is 1. The lowest BCUT2D eigenvalue weighted by Crippen LogP contribution is -2.14. The monoisotopic (exact) mass is 486 g/mol. The molecule has 0 amide bonds. The topological polar surface area (TPSA) is 17.1 Å². The molecule has 2 rings (SSSR count). The van der Waals surface area contributed by atoms with E-state index in [2.05, 4.69) is 31.9 Å². The minimum atomic E-state index is -2.81. The zero-order valence-corrected chi connectivity index (χ0v) is 16.4. The van der Waals surface area contributed by atoms with E-state index in [1.54, 1.807) is 24.3 Å². The van der Waals surface area contributed by atoms with Gasteiger partial charge in [-0.25, -0.2) is 8.78 Å². The Labute approximate surface area is 160 Å². The molecule has 124 valence electrons. The van der Waals surface area contributed by atoms with Crippen molar-refractivity contribution in [3.05, 3.63) is 69.7 Å². The zero-order valence-electron chi connectivity index (χ0n) is 11.7. The number of carbonyl (C=O) groups is 1. The van der Waals surface area contributed by atoms with Gasteiger partial charge in [-0.1, -0.05) is 67.2 Å². The van der Waals surface area contributed by atoms with E-state index < -0.39 is 5.92 Å². The molecule has 0 heterocycles. The molecule has 0 unspecified atom stereocenters. The maximum absolute atomic E-state index is 12.9. The molecule has 7 heteroatoms. The first-order valence-electron chi connectivity index (χ1n) is 6.34. The lowest BCUT2D eigenvalue weighted by molar-refractivity contribution is 0.0245. The number of rotatable bonds is 4. The highest BCUT2D eigenvalue weighted by Crippen LogP contribution is 2.30. The van der Waals surface area contributed by atoms with Crippen LogP contribution in [0.3, 0.4) is 0 Å². The number of hydrogen-bond donors (Lipinski definition) is 0. The van der Waals surface area contributed by atoms with Crippen molar-refractivity contribution < 1.29 is 13.6 Å². The van der Waals surface area contributed by atoms with Gasteiger partial charge < -0.3 is 0 Å². The average molecular weight is 489 g/mol.